The minimum Gasteiger partial charge on any atom is -0.305 e. The van der Waals surface area contributed by atoms with Gasteiger partial charge in [0.05, 0.1) is 4.88 Å². The van der Waals surface area contributed by atoms with Gasteiger partial charge in [0, 0.05) is 11.4 Å². The van der Waals surface area contributed by atoms with E-state index in [0.29, 0.717) is 0 Å². The summed E-state index contributed by atoms with van der Waals surface area (Å²) in [6.07, 6.45) is 0. The second-order valence-corrected chi connectivity index (χ2v) is 5.70. The second-order valence-electron chi connectivity index (χ2n) is 4.62. The molecule has 0 atom stereocenters. The highest BCUT2D eigenvalue weighted by atomic mass is 32.1. The van der Waals surface area contributed by atoms with Crippen molar-refractivity contribution in [1.82, 2.24) is 4.90 Å². The van der Waals surface area contributed by atoms with Crippen LogP contribution in [0.25, 0.3) is 10.4 Å². The topological polar surface area (TPSA) is 20.3 Å². The molecular formula is C15H17NOS. The van der Waals surface area contributed by atoms with Crippen LogP contribution in [0.3, 0.4) is 0 Å². The van der Waals surface area contributed by atoms with Gasteiger partial charge in [-0.15, -0.1) is 11.3 Å². The van der Waals surface area contributed by atoms with Crippen molar-refractivity contribution in [1.29, 1.82) is 0 Å². The molecule has 0 unspecified atom stereocenters. The molecule has 0 aliphatic carbocycles. The van der Waals surface area contributed by atoms with Gasteiger partial charge in [-0.3, -0.25) is 4.79 Å². The van der Waals surface area contributed by atoms with Crippen LogP contribution < -0.4 is 0 Å². The molecule has 0 fully saturated rings. The van der Waals surface area contributed by atoms with E-state index in [1.54, 1.807) is 18.3 Å². The maximum absolute atomic E-state index is 11.4. The SMILES string of the molecule is CC(=O)c1ccc(-c2ccccc2CN(C)C)s1. The average molecular weight is 259 g/mol. The largest absolute Gasteiger partial charge is 0.305 e. The highest BCUT2D eigenvalue weighted by Gasteiger charge is 2.09. The first-order valence-corrected chi connectivity index (χ1v) is 6.73. The summed E-state index contributed by atoms with van der Waals surface area (Å²) >= 11 is 1.57. The number of benzene rings is 1. The van der Waals surface area contributed by atoms with E-state index in [4.69, 9.17) is 0 Å². The molecule has 0 saturated carbocycles. The predicted molar refractivity (Wildman–Crippen MR) is 77.2 cm³/mol. The molecule has 0 aliphatic rings. The van der Waals surface area contributed by atoms with Crippen LogP contribution in [0.2, 0.25) is 0 Å². The Morgan fingerprint density at radius 3 is 2.50 bits per heavy atom. The van der Waals surface area contributed by atoms with Gasteiger partial charge in [0.1, 0.15) is 0 Å². The predicted octanol–water partition coefficient (Wildman–Crippen LogP) is 3.68. The first-order chi connectivity index (χ1) is 8.58. The van der Waals surface area contributed by atoms with Gasteiger partial charge in [-0.25, -0.2) is 0 Å². The summed E-state index contributed by atoms with van der Waals surface area (Å²) in [7, 11) is 4.12. The summed E-state index contributed by atoms with van der Waals surface area (Å²) in [5.74, 6) is 0.136. The van der Waals surface area contributed by atoms with E-state index in [2.05, 4.69) is 37.2 Å². The summed E-state index contributed by atoms with van der Waals surface area (Å²) in [6.45, 7) is 2.52. The molecule has 18 heavy (non-hydrogen) atoms. The zero-order valence-electron chi connectivity index (χ0n) is 10.9. The quantitative estimate of drug-likeness (QED) is 0.781. The number of carbonyl (C=O) groups excluding carboxylic acids is 1. The molecular weight excluding hydrogens is 242 g/mol. The van der Waals surface area contributed by atoms with Crippen molar-refractivity contribution in [3.8, 4) is 10.4 Å². The number of ketones is 1. The summed E-state index contributed by atoms with van der Waals surface area (Å²) in [5.41, 5.74) is 2.52. The van der Waals surface area contributed by atoms with Crippen LogP contribution in [0.1, 0.15) is 22.2 Å². The summed E-state index contributed by atoms with van der Waals surface area (Å²) in [4.78, 5) is 15.5. The molecule has 3 heteroatoms. The zero-order chi connectivity index (χ0) is 13.1. The number of hydrogen-bond donors (Lipinski definition) is 0. The molecule has 0 aliphatic heterocycles. The van der Waals surface area contributed by atoms with Crippen molar-refractivity contribution < 1.29 is 4.79 Å². The Morgan fingerprint density at radius 2 is 1.89 bits per heavy atom. The van der Waals surface area contributed by atoms with Crippen LogP contribution in [0, 0.1) is 0 Å². The van der Waals surface area contributed by atoms with Crippen molar-refractivity contribution >= 4 is 17.1 Å². The first kappa shape index (κ1) is 13.0. The Balaban J connectivity index is 2.39. The zero-order valence-corrected chi connectivity index (χ0v) is 11.8. The van der Waals surface area contributed by atoms with Crippen molar-refractivity contribution in [2.24, 2.45) is 0 Å². The smallest absolute Gasteiger partial charge is 0.169 e. The summed E-state index contributed by atoms with van der Waals surface area (Å²) < 4.78 is 0. The van der Waals surface area contributed by atoms with Crippen LogP contribution in [-0.4, -0.2) is 24.8 Å². The Morgan fingerprint density at radius 1 is 1.17 bits per heavy atom. The Labute approximate surface area is 112 Å². The molecule has 2 aromatic rings. The standard InChI is InChI=1S/C15H17NOS/c1-11(17)14-8-9-15(18-14)13-7-5-4-6-12(13)10-16(2)3/h4-9H,10H2,1-3H3. The van der Waals surface area contributed by atoms with Gasteiger partial charge in [0.15, 0.2) is 5.78 Å². The number of hydrogen-bond acceptors (Lipinski definition) is 3. The monoisotopic (exact) mass is 259 g/mol. The van der Waals surface area contributed by atoms with Crippen LogP contribution in [0.15, 0.2) is 36.4 Å². The van der Waals surface area contributed by atoms with Crippen molar-refractivity contribution in [2.75, 3.05) is 14.1 Å². The van der Waals surface area contributed by atoms with Crippen LogP contribution >= 0.6 is 11.3 Å². The minimum atomic E-state index is 0.136. The van der Waals surface area contributed by atoms with Crippen molar-refractivity contribution in [3.05, 3.63) is 46.8 Å². The van der Waals surface area contributed by atoms with Crippen molar-refractivity contribution in [3.63, 3.8) is 0 Å². The van der Waals surface area contributed by atoms with Gasteiger partial charge in [0.2, 0.25) is 0 Å². The lowest BCUT2D eigenvalue weighted by atomic mass is 10.1. The lowest BCUT2D eigenvalue weighted by Gasteiger charge is -2.13. The van der Waals surface area contributed by atoms with Gasteiger partial charge in [-0.2, -0.15) is 0 Å². The average Bonchev–Trinajstić information content (AvgIpc) is 2.78. The molecule has 0 N–H and O–H groups in total. The molecule has 1 heterocycles. The molecule has 0 saturated heterocycles. The third-order valence-corrected chi connectivity index (χ3v) is 3.94. The fraction of sp³-hybridized carbons (Fsp3) is 0.267. The van der Waals surface area contributed by atoms with E-state index in [1.165, 1.54) is 11.1 Å². The number of rotatable bonds is 4. The molecule has 94 valence electrons. The number of Topliss-reactive ketones (excluding diaryl/α,β-unsaturated/α-hetero) is 1. The Bertz CT molecular complexity index is 557. The summed E-state index contributed by atoms with van der Waals surface area (Å²) in [5, 5.41) is 0. The van der Waals surface area contributed by atoms with E-state index in [1.807, 2.05) is 18.2 Å². The van der Waals surface area contributed by atoms with Gasteiger partial charge < -0.3 is 4.90 Å². The Kier molecular flexibility index (Phi) is 3.94. The fourth-order valence-corrected chi connectivity index (χ4v) is 2.87. The van der Waals surface area contributed by atoms with E-state index in [9.17, 15) is 4.79 Å². The molecule has 0 bridgehead atoms. The third-order valence-electron chi connectivity index (χ3n) is 2.72. The lowest BCUT2D eigenvalue weighted by Crippen LogP contribution is -2.11. The highest BCUT2D eigenvalue weighted by molar-refractivity contribution is 7.17. The maximum Gasteiger partial charge on any atom is 0.169 e. The molecule has 2 rings (SSSR count). The number of thiophene rings is 1. The van der Waals surface area contributed by atoms with E-state index >= 15 is 0 Å². The lowest BCUT2D eigenvalue weighted by molar-refractivity contribution is 0.102. The maximum atomic E-state index is 11.4. The van der Waals surface area contributed by atoms with Gasteiger partial charge >= 0.3 is 0 Å². The molecule has 0 radical (unpaired) electrons. The number of carbonyl (C=O) groups is 1. The normalized spacial score (nSPS) is 10.9. The van der Waals surface area contributed by atoms with Crippen LogP contribution in [0.5, 0.6) is 0 Å². The van der Waals surface area contributed by atoms with Crippen molar-refractivity contribution in [2.45, 2.75) is 13.5 Å². The van der Waals surface area contributed by atoms with E-state index < -0.39 is 0 Å². The van der Waals surface area contributed by atoms with Gasteiger partial charge in [0.25, 0.3) is 0 Å². The molecule has 2 nitrogen and oxygen atoms in total. The van der Waals surface area contributed by atoms with Gasteiger partial charge in [-0.05, 0) is 44.3 Å². The van der Waals surface area contributed by atoms with Crippen LogP contribution in [0.4, 0.5) is 0 Å². The number of nitrogens with zero attached hydrogens (tertiary/aromatic N) is 1. The second kappa shape index (κ2) is 5.46. The summed E-state index contributed by atoms with van der Waals surface area (Å²) in [6, 6.07) is 12.3. The highest BCUT2D eigenvalue weighted by Crippen LogP contribution is 2.31. The first-order valence-electron chi connectivity index (χ1n) is 5.91. The molecule has 1 aromatic heterocycles. The molecule has 1 aromatic carbocycles. The Hall–Kier alpha value is -1.45. The molecule has 0 amide bonds. The van der Waals surface area contributed by atoms with Gasteiger partial charge in [-0.1, -0.05) is 24.3 Å². The fourth-order valence-electron chi connectivity index (χ4n) is 1.91. The van der Waals surface area contributed by atoms with Crippen LogP contribution in [-0.2, 0) is 6.54 Å². The third kappa shape index (κ3) is 2.86. The minimum absolute atomic E-state index is 0.136. The molecule has 0 spiro atoms. The van der Waals surface area contributed by atoms with E-state index in [-0.39, 0.29) is 5.78 Å². The van der Waals surface area contributed by atoms with E-state index in [0.717, 1.165) is 16.3 Å².